The molecule has 0 bridgehead atoms. The van der Waals surface area contributed by atoms with Crippen LogP contribution in [-0.4, -0.2) is 25.0 Å². The first-order chi connectivity index (χ1) is 8.74. The summed E-state index contributed by atoms with van der Waals surface area (Å²) in [6.07, 6.45) is 2.12. The SMILES string of the molecule is CCOC(=O)C1CCc2ccc(CC=O)cc2O1. The van der Waals surface area contributed by atoms with Crippen LogP contribution in [0.15, 0.2) is 18.2 Å². The first-order valence-corrected chi connectivity index (χ1v) is 6.13. The summed E-state index contributed by atoms with van der Waals surface area (Å²) >= 11 is 0. The molecular formula is C14H16O4. The lowest BCUT2D eigenvalue weighted by Gasteiger charge is -2.24. The van der Waals surface area contributed by atoms with Gasteiger partial charge >= 0.3 is 5.97 Å². The van der Waals surface area contributed by atoms with Crippen LogP contribution in [0.3, 0.4) is 0 Å². The summed E-state index contributed by atoms with van der Waals surface area (Å²) in [5, 5.41) is 0. The molecule has 2 rings (SSSR count). The molecule has 1 aromatic carbocycles. The molecule has 96 valence electrons. The normalized spacial score (nSPS) is 17.5. The summed E-state index contributed by atoms with van der Waals surface area (Å²) in [4.78, 5) is 22.1. The highest BCUT2D eigenvalue weighted by Gasteiger charge is 2.27. The number of carbonyl (C=O) groups excluding carboxylic acids is 2. The molecule has 1 atom stereocenters. The predicted molar refractivity (Wildman–Crippen MR) is 65.6 cm³/mol. The maximum absolute atomic E-state index is 11.6. The Morgan fingerprint density at radius 3 is 3.11 bits per heavy atom. The van der Waals surface area contributed by atoms with E-state index in [4.69, 9.17) is 9.47 Å². The van der Waals surface area contributed by atoms with Gasteiger partial charge in [0.2, 0.25) is 0 Å². The molecule has 1 unspecified atom stereocenters. The average Bonchev–Trinajstić information content (AvgIpc) is 2.38. The first-order valence-electron chi connectivity index (χ1n) is 6.13. The Labute approximate surface area is 106 Å². The summed E-state index contributed by atoms with van der Waals surface area (Å²) in [6.45, 7) is 2.13. The number of carbonyl (C=O) groups is 2. The van der Waals surface area contributed by atoms with Crippen molar-refractivity contribution in [2.45, 2.75) is 32.3 Å². The fourth-order valence-electron chi connectivity index (χ4n) is 2.04. The van der Waals surface area contributed by atoms with Crippen LogP contribution in [0.5, 0.6) is 5.75 Å². The summed E-state index contributed by atoms with van der Waals surface area (Å²) in [5.41, 5.74) is 1.97. The molecule has 0 fully saturated rings. The number of benzene rings is 1. The van der Waals surface area contributed by atoms with Crippen molar-refractivity contribution in [2.24, 2.45) is 0 Å². The van der Waals surface area contributed by atoms with Gasteiger partial charge < -0.3 is 14.3 Å². The van der Waals surface area contributed by atoms with Crippen molar-refractivity contribution in [3.05, 3.63) is 29.3 Å². The highest BCUT2D eigenvalue weighted by molar-refractivity contribution is 5.75. The van der Waals surface area contributed by atoms with E-state index < -0.39 is 6.10 Å². The van der Waals surface area contributed by atoms with Crippen LogP contribution in [0.4, 0.5) is 0 Å². The van der Waals surface area contributed by atoms with E-state index in [1.54, 1.807) is 6.92 Å². The molecule has 4 nitrogen and oxygen atoms in total. The van der Waals surface area contributed by atoms with Crippen molar-refractivity contribution in [2.75, 3.05) is 6.61 Å². The van der Waals surface area contributed by atoms with Crippen molar-refractivity contribution in [3.8, 4) is 5.75 Å². The molecule has 0 saturated heterocycles. The molecule has 18 heavy (non-hydrogen) atoms. The van der Waals surface area contributed by atoms with Crippen LogP contribution in [0.2, 0.25) is 0 Å². The summed E-state index contributed by atoms with van der Waals surface area (Å²) < 4.78 is 10.6. The maximum atomic E-state index is 11.6. The van der Waals surface area contributed by atoms with E-state index in [1.165, 1.54) is 0 Å². The van der Waals surface area contributed by atoms with Crippen LogP contribution in [-0.2, 0) is 27.2 Å². The smallest absolute Gasteiger partial charge is 0.347 e. The van der Waals surface area contributed by atoms with E-state index in [1.807, 2.05) is 18.2 Å². The minimum atomic E-state index is -0.524. The number of esters is 1. The molecule has 1 aliphatic rings. The van der Waals surface area contributed by atoms with E-state index >= 15 is 0 Å². The third-order valence-corrected chi connectivity index (χ3v) is 2.95. The molecule has 0 radical (unpaired) electrons. The first kappa shape index (κ1) is 12.6. The van der Waals surface area contributed by atoms with Gasteiger partial charge in [-0.1, -0.05) is 12.1 Å². The van der Waals surface area contributed by atoms with Crippen LogP contribution < -0.4 is 4.74 Å². The zero-order valence-corrected chi connectivity index (χ0v) is 10.3. The van der Waals surface area contributed by atoms with E-state index in [-0.39, 0.29) is 5.97 Å². The predicted octanol–water partition coefficient (Wildman–Crippen LogP) is 1.68. The van der Waals surface area contributed by atoms with E-state index in [0.717, 1.165) is 23.8 Å². The molecule has 0 spiro atoms. The maximum Gasteiger partial charge on any atom is 0.347 e. The largest absolute Gasteiger partial charge is 0.478 e. The average molecular weight is 248 g/mol. The number of aldehydes is 1. The Hall–Kier alpha value is -1.84. The van der Waals surface area contributed by atoms with Gasteiger partial charge in [-0.3, -0.25) is 0 Å². The van der Waals surface area contributed by atoms with Gasteiger partial charge in [-0.2, -0.15) is 0 Å². The standard InChI is InChI=1S/C14H16O4/c1-2-17-14(16)12-6-5-11-4-3-10(7-8-15)9-13(11)18-12/h3-4,8-9,12H,2,5-7H2,1H3. The zero-order chi connectivity index (χ0) is 13.0. The third kappa shape index (κ3) is 2.70. The lowest BCUT2D eigenvalue weighted by atomic mass is 10.00. The number of ether oxygens (including phenoxy) is 2. The fraction of sp³-hybridized carbons (Fsp3) is 0.429. The lowest BCUT2D eigenvalue weighted by Crippen LogP contribution is -2.32. The second kappa shape index (κ2) is 5.67. The number of fused-ring (bicyclic) bond motifs is 1. The molecular weight excluding hydrogens is 232 g/mol. The molecule has 1 heterocycles. The highest BCUT2D eigenvalue weighted by atomic mass is 16.6. The molecule has 0 aliphatic carbocycles. The molecule has 4 heteroatoms. The number of rotatable bonds is 4. The minimum Gasteiger partial charge on any atom is -0.478 e. The topological polar surface area (TPSA) is 52.6 Å². The second-order valence-corrected chi connectivity index (χ2v) is 4.21. The van der Waals surface area contributed by atoms with E-state index in [2.05, 4.69) is 0 Å². The Morgan fingerprint density at radius 1 is 1.56 bits per heavy atom. The molecule has 0 amide bonds. The van der Waals surface area contributed by atoms with Crippen molar-refractivity contribution in [3.63, 3.8) is 0 Å². The van der Waals surface area contributed by atoms with Crippen molar-refractivity contribution in [1.29, 1.82) is 0 Å². The van der Waals surface area contributed by atoms with Gasteiger partial charge in [-0.05, 0) is 37.0 Å². The molecule has 1 aromatic rings. The zero-order valence-electron chi connectivity index (χ0n) is 10.3. The molecule has 0 saturated carbocycles. The third-order valence-electron chi connectivity index (χ3n) is 2.95. The van der Waals surface area contributed by atoms with Crippen LogP contribution in [0.1, 0.15) is 24.5 Å². The molecule has 0 N–H and O–H groups in total. The van der Waals surface area contributed by atoms with Gasteiger partial charge in [0.25, 0.3) is 0 Å². The Balaban J connectivity index is 2.13. The van der Waals surface area contributed by atoms with Crippen molar-refractivity contribution >= 4 is 12.3 Å². The summed E-state index contributed by atoms with van der Waals surface area (Å²) in [6, 6.07) is 5.70. The van der Waals surface area contributed by atoms with E-state index in [9.17, 15) is 9.59 Å². The van der Waals surface area contributed by atoms with Gasteiger partial charge in [0.05, 0.1) is 6.61 Å². The minimum absolute atomic E-state index is 0.316. The molecule has 0 aromatic heterocycles. The van der Waals surface area contributed by atoms with Crippen molar-refractivity contribution < 1.29 is 19.1 Å². The van der Waals surface area contributed by atoms with Gasteiger partial charge in [-0.25, -0.2) is 4.79 Å². The van der Waals surface area contributed by atoms with Gasteiger partial charge in [0.1, 0.15) is 12.0 Å². The Bertz CT molecular complexity index is 453. The van der Waals surface area contributed by atoms with Crippen molar-refractivity contribution in [1.82, 2.24) is 0 Å². The summed E-state index contributed by atoms with van der Waals surface area (Å²) in [7, 11) is 0. The number of aryl methyl sites for hydroxylation is 1. The van der Waals surface area contributed by atoms with Gasteiger partial charge in [0.15, 0.2) is 6.10 Å². The molecule has 1 aliphatic heterocycles. The fourth-order valence-corrected chi connectivity index (χ4v) is 2.04. The quantitative estimate of drug-likeness (QED) is 0.601. The van der Waals surface area contributed by atoms with Crippen LogP contribution in [0.25, 0.3) is 0 Å². The summed E-state index contributed by atoms with van der Waals surface area (Å²) in [5.74, 6) is 0.377. The highest BCUT2D eigenvalue weighted by Crippen LogP contribution is 2.29. The monoisotopic (exact) mass is 248 g/mol. The second-order valence-electron chi connectivity index (χ2n) is 4.21. The van der Waals surface area contributed by atoms with E-state index in [0.29, 0.717) is 25.2 Å². The lowest BCUT2D eigenvalue weighted by molar-refractivity contribution is -0.152. The number of hydrogen-bond donors (Lipinski definition) is 0. The Kier molecular flexibility index (Phi) is 3.97. The van der Waals surface area contributed by atoms with Gasteiger partial charge in [0, 0.05) is 6.42 Å². The Morgan fingerprint density at radius 2 is 2.39 bits per heavy atom. The van der Waals surface area contributed by atoms with Gasteiger partial charge in [-0.15, -0.1) is 0 Å². The van der Waals surface area contributed by atoms with Crippen LogP contribution >= 0.6 is 0 Å². The number of hydrogen-bond acceptors (Lipinski definition) is 4. The van der Waals surface area contributed by atoms with Crippen LogP contribution in [0, 0.1) is 0 Å².